The van der Waals surface area contributed by atoms with E-state index in [0.29, 0.717) is 16.7 Å². The van der Waals surface area contributed by atoms with Crippen LogP contribution in [0.25, 0.3) is 0 Å². The topological polar surface area (TPSA) is 77.9 Å². The van der Waals surface area contributed by atoms with Gasteiger partial charge < -0.3 is 10.0 Å². The molecule has 1 fully saturated rings. The molecule has 0 radical (unpaired) electrons. The number of imide groups is 1. The monoisotopic (exact) mass is 330 g/mol. The Hall–Kier alpha value is -2.21. The minimum Gasteiger partial charge on any atom is -0.395 e. The van der Waals surface area contributed by atoms with Gasteiger partial charge in [-0.15, -0.1) is 0 Å². The second-order valence-electron chi connectivity index (χ2n) is 6.48. The van der Waals surface area contributed by atoms with Crippen LogP contribution in [0.4, 0.5) is 0 Å². The molecule has 0 spiro atoms. The number of carbonyl (C=O) groups excluding carboxylic acids is 3. The lowest BCUT2D eigenvalue weighted by atomic mass is 9.94. The van der Waals surface area contributed by atoms with Crippen molar-refractivity contribution in [2.45, 2.75) is 38.1 Å². The number of hydrogen-bond donors (Lipinski definition) is 1. The normalized spacial score (nSPS) is 18.0. The molecule has 1 N–H and O–H groups in total. The molecule has 6 heteroatoms. The lowest BCUT2D eigenvalue weighted by Crippen LogP contribution is -2.40. The molecule has 6 nitrogen and oxygen atoms in total. The number of likely N-dealkylation sites (N-methyl/N-ethyl adjacent to an activating group) is 1. The smallest absolute Gasteiger partial charge is 0.261 e. The van der Waals surface area contributed by atoms with Crippen molar-refractivity contribution < 1.29 is 19.5 Å². The van der Waals surface area contributed by atoms with Crippen molar-refractivity contribution in [2.75, 3.05) is 20.2 Å². The van der Waals surface area contributed by atoms with E-state index in [1.165, 1.54) is 15.9 Å². The molecule has 1 aliphatic carbocycles. The van der Waals surface area contributed by atoms with E-state index in [1.54, 1.807) is 19.2 Å². The van der Waals surface area contributed by atoms with Crippen molar-refractivity contribution in [2.24, 2.45) is 0 Å². The molecule has 0 saturated heterocycles. The first kappa shape index (κ1) is 16.6. The van der Waals surface area contributed by atoms with Crippen LogP contribution >= 0.6 is 0 Å². The van der Waals surface area contributed by atoms with Gasteiger partial charge in [-0.1, -0.05) is 19.3 Å². The van der Waals surface area contributed by atoms with Crippen LogP contribution in [-0.2, 0) is 0 Å². The number of fused-ring (bicyclic) bond motifs is 1. The van der Waals surface area contributed by atoms with Gasteiger partial charge in [-0.3, -0.25) is 19.3 Å². The van der Waals surface area contributed by atoms with E-state index in [4.69, 9.17) is 5.11 Å². The molecule has 3 amide bonds. The second kappa shape index (κ2) is 6.73. The SMILES string of the molecule is CN(CCO)C(=O)c1ccc2c(c1)C(=O)N(C1CCCCC1)C2=O. The van der Waals surface area contributed by atoms with Gasteiger partial charge in [0.1, 0.15) is 0 Å². The predicted molar refractivity (Wildman–Crippen MR) is 87.9 cm³/mol. The molecule has 128 valence electrons. The van der Waals surface area contributed by atoms with Crippen LogP contribution in [0.1, 0.15) is 63.2 Å². The zero-order chi connectivity index (χ0) is 17.3. The minimum atomic E-state index is -0.290. The maximum atomic E-state index is 12.7. The average molecular weight is 330 g/mol. The zero-order valence-corrected chi connectivity index (χ0v) is 13.8. The summed E-state index contributed by atoms with van der Waals surface area (Å²) in [5.74, 6) is -0.811. The Bertz CT molecular complexity index is 680. The fraction of sp³-hybridized carbons (Fsp3) is 0.500. The molecule has 1 aromatic carbocycles. The van der Waals surface area contributed by atoms with Crippen molar-refractivity contribution >= 4 is 17.7 Å². The zero-order valence-electron chi connectivity index (χ0n) is 13.8. The Kier molecular flexibility index (Phi) is 4.66. The fourth-order valence-electron chi connectivity index (χ4n) is 3.54. The van der Waals surface area contributed by atoms with Gasteiger partial charge in [-0.05, 0) is 31.0 Å². The summed E-state index contributed by atoms with van der Waals surface area (Å²) in [4.78, 5) is 40.4. The van der Waals surface area contributed by atoms with Gasteiger partial charge in [0.15, 0.2) is 0 Å². The van der Waals surface area contributed by atoms with Gasteiger partial charge in [-0.25, -0.2) is 0 Å². The fourth-order valence-corrected chi connectivity index (χ4v) is 3.54. The van der Waals surface area contributed by atoms with Crippen LogP contribution in [0.15, 0.2) is 18.2 Å². The van der Waals surface area contributed by atoms with E-state index < -0.39 is 0 Å². The van der Waals surface area contributed by atoms with Crippen LogP contribution < -0.4 is 0 Å². The van der Waals surface area contributed by atoms with Crippen molar-refractivity contribution in [3.63, 3.8) is 0 Å². The summed E-state index contributed by atoms with van der Waals surface area (Å²) in [5.41, 5.74) is 1.05. The van der Waals surface area contributed by atoms with Crippen molar-refractivity contribution in [3.8, 4) is 0 Å². The van der Waals surface area contributed by atoms with Gasteiger partial charge >= 0.3 is 0 Å². The molecular weight excluding hydrogens is 308 g/mol. The number of nitrogens with zero attached hydrogens (tertiary/aromatic N) is 2. The molecule has 0 unspecified atom stereocenters. The van der Waals surface area contributed by atoms with Crippen LogP contribution in [-0.4, -0.2) is 58.9 Å². The predicted octanol–water partition coefficient (Wildman–Crippen LogP) is 1.68. The van der Waals surface area contributed by atoms with E-state index in [-0.39, 0.29) is 36.9 Å². The largest absolute Gasteiger partial charge is 0.395 e. The summed E-state index contributed by atoms with van der Waals surface area (Å²) in [6.07, 6.45) is 4.93. The molecule has 24 heavy (non-hydrogen) atoms. The summed E-state index contributed by atoms with van der Waals surface area (Å²) in [6.45, 7) is 0.0943. The summed E-state index contributed by atoms with van der Waals surface area (Å²) >= 11 is 0. The van der Waals surface area contributed by atoms with E-state index in [9.17, 15) is 14.4 Å². The second-order valence-corrected chi connectivity index (χ2v) is 6.48. The highest BCUT2D eigenvalue weighted by atomic mass is 16.3. The highest BCUT2D eigenvalue weighted by Gasteiger charge is 2.40. The molecule has 2 aliphatic rings. The highest BCUT2D eigenvalue weighted by Crippen LogP contribution is 2.31. The Morgan fingerprint density at radius 1 is 1.17 bits per heavy atom. The molecule has 1 saturated carbocycles. The third-order valence-corrected chi connectivity index (χ3v) is 4.89. The van der Waals surface area contributed by atoms with Gasteiger partial charge in [0, 0.05) is 25.2 Å². The number of benzene rings is 1. The van der Waals surface area contributed by atoms with Crippen LogP contribution in [0, 0.1) is 0 Å². The van der Waals surface area contributed by atoms with E-state index in [0.717, 1.165) is 32.1 Å². The summed E-state index contributed by atoms with van der Waals surface area (Å²) < 4.78 is 0. The third-order valence-electron chi connectivity index (χ3n) is 4.89. The van der Waals surface area contributed by atoms with Crippen molar-refractivity contribution in [3.05, 3.63) is 34.9 Å². The minimum absolute atomic E-state index is 0.0256. The van der Waals surface area contributed by atoms with Crippen LogP contribution in [0.5, 0.6) is 0 Å². The Morgan fingerprint density at radius 3 is 2.50 bits per heavy atom. The first-order valence-electron chi connectivity index (χ1n) is 8.43. The summed E-state index contributed by atoms with van der Waals surface area (Å²) in [5, 5.41) is 8.94. The number of amides is 3. The van der Waals surface area contributed by atoms with E-state index >= 15 is 0 Å². The summed E-state index contributed by atoms with van der Waals surface area (Å²) in [6, 6.07) is 4.62. The molecule has 0 bridgehead atoms. The molecule has 1 heterocycles. The molecule has 0 atom stereocenters. The number of aliphatic hydroxyl groups excluding tert-OH is 1. The number of rotatable bonds is 4. The maximum absolute atomic E-state index is 12.7. The molecule has 1 aliphatic heterocycles. The number of carbonyl (C=O) groups is 3. The molecule has 0 aromatic heterocycles. The highest BCUT2D eigenvalue weighted by molar-refractivity contribution is 6.22. The quantitative estimate of drug-likeness (QED) is 0.852. The third kappa shape index (κ3) is 2.82. The first-order chi connectivity index (χ1) is 11.5. The van der Waals surface area contributed by atoms with E-state index in [1.807, 2.05) is 0 Å². The maximum Gasteiger partial charge on any atom is 0.261 e. The lowest BCUT2D eigenvalue weighted by molar-refractivity contribution is 0.0548. The molecule has 1 aromatic rings. The molecular formula is C18H22N2O4. The van der Waals surface area contributed by atoms with Crippen LogP contribution in [0.2, 0.25) is 0 Å². The van der Waals surface area contributed by atoms with E-state index in [2.05, 4.69) is 0 Å². The van der Waals surface area contributed by atoms with Crippen molar-refractivity contribution in [1.82, 2.24) is 9.80 Å². The van der Waals surface area contributed by atoms with Gasteiger partial charge in [0.25, 0.3) is 17.7 Å². The Morgan fingerprint density at radius 2 is 1.83 bits per heavy atom. The summed E-state index contributed by atoms with van der Waals surface area (Å²) in [7, 11) is 1.59. The average Bonchev–Trinajstić information content (AvgIpc) is 2.85. The Labute approximate surface area is 141 Å². The van der Waals surface area contributed by atoms with Crippen LogP contribution in [0.3, 0.4) is 0 Å². The molecule has 3 rings (SSSR count). The number of aliphatic hydroxyl groups is 1. The lowest BCUT2D eigenvalue weighted by Gasteiger charge is -2.29. The van der Waals surface area contributed by atoms with Gasteiger partial charge in [0.2, 0.25) is 0 Å². The standard InChI is InChI=1S/C18H22N2O4/c1-19(9-10-21)16(22)12-7-8-14-15(11-12)18(24)20(17(14)23)13-5-3-2-4-6-13/h7-8,11,13,21H,2-6,9-10H2,1H3. The Balaban J connectivity index is 1.87. The first-order valence-corrected chi connectivity index (χ1v) is 8.43. The number of hydrogen-bond acceptors (Lipinski definition) is 4. The van der Waals surface area contributed by atoms with Gasteiger partial charge in [0.05, 0.1) is 17.7 Å². The van der Waals surface area contributed by atoms with Crippen molar-refractivity contribution in [1.29, 1.82) is 0 Å². The van der Waals surface area contributed by atoms with Gasteiger partial charge in [-0.2, -0.15) is 0 Å².